The maximum absolute atomic E-state index is 12.4. The summed E-state index contributed by atoms with van der Waals surface area (Å²) in [5.74, 6) is -1.35. The van der Waals surface area contributed by atoms with E-state index in [1.807, 2.05) is 30.3 Å². The molecular formula is C19H15NO5. The Kier molecular flexibility index (Phi) is 4.35. The first-order valence-corrected chi connectivity index (χ1v) is 7.53. The fourth-order valence-corrected chi connectivity index (χ4v) is 2.67. The molecule has 0 unspecified atom stereocenters. The van der Waals surface area contributed by atoms with E-state index in [0.29, 0.717) is 22.6 Å². The number of nitrogens with one attached hydrogen (secondary N) is 1. The predicted molar refractivity (Wildman–Crippen MR) is 91.4 cm³/mol. The quantitative estimate of drug-likeness (QED) is 0.403. The predicted octanol–water partition coefficient (Wildman–Crippen LogP) is 2.86. The number of carbonyl (C=O) groups excluding carboxylic acids is 3. The van der Waals surface area contributed by atoms with Crippen molar-refractivity contribution in [1.29, 1.82) is 0 Å². The zero-order valence-corrected chi connectivity index (χ0v) is 13.7. The Morgan fingerprint density at radius 1 is 1.00 bits per heavy atom. The number of fused-ring (bicyclic) bond motifs is 1. The Hall–Kier alpha value is -3.41. The van der Waals surface area contributed by atoms with Crippen LogP contribution in [0.5, 0.6) is 0 Å². The summed E-state index contributed by atoms with van der Waals surface area (Å²) in [6.45, 7) is 1.15. The summed E-state index contributed by atoms with van der Waals surface area (Å²) >= 11 is 0. The second-order valence-electron chi connectivity index (χ2n) is 5.37. The zero-order valence-electron chi connectivity index (χ0n) is 13.7. The number of esters is 2. The highest BCUT2D eigenvalue weighted by Gasteiger charge is 2.30. The smallest absolute Gasteiger partial charge is 0.345 e. The third-order valence-electron chi connectivity index (χ3n) is 3.70. The number of rotatable bonds is 3. The molecule has 0 radical (unpaired) electrons. The van der Waals surface area contributed by atoms with Crippen molar-refractivity contribution in [2.75, 3.05) is 12.4 Å². The van der Waals surface area contributed by atoms with Gasteiger partial charge >= 0.3 is 11.9 Å². The molecule has 0 saturated carbocycles. The molecule has 0 fully saturated rings. The van der Waals surface area contributed by atoms with Gasteiger partial charge in [-0.15, -0.1) is 0 Å². The number of anilines is 1. The van der Waals surface area contributed by atoms with Gasteiger partial charge in [0.2, 0.25) is 0 Å². The third-order valence-corrected chi connectivity index (χ3v) is 3.70. The van der Waals surface area contributed by atoms with E-state index in [4.69, 9.17) is 4.74 Å². The van der Waals surface area contributed by atoms with Gasteiger partial charge in [0.15, 0.2) is 0 Å². The third kappa shape index (κ3) is 3.14. The van der Waals surface area contributed by atoms with Crippen molar-refractivity contribution in [1.82, 2.24) is 0 Å². The molecule has 0 bridgehead atoms. The highest BCUT2D eigenvalue weighted by Crippen LogP contribution is 2.37. The second-order valence-corrected chi connectivity index (χ2v) is 5.37. The van der Waals surface area contributed by atoms with Gasteiger partial charge in [-0.05, 0) is 12.1 Å². The summed E-state index contributed by atoms with van der Waals surface area (Å²) in [7, 11) is 1.50. The largest absolute Gasteiger partial charge is 0.495 e. The molecule has 1 aliphatic rings. The molecular weight excluding hydrogens is 322 g/mol. The van der Waals surface area contributed by atoms with Crippen molar-refractivity contribution in [2.45, 2.75) is 6.92 Å². The SMILES string of the molecule is COC(=C1C(=O)Nc2cc(C(=O)OC(C)=O)ccc21)c1ccccc1. The number of amides is 1. The number of methoxy groups -OCH3 is 1. The molecule has 25 heavy (non-hydrogen) atoms. The maximum Gasteiger partial charge on any atom is 0.345 e. The number of benzene rings is 2. The zero-order chi connectivity index (χ0) is 18.0. The van der Waals surface area contributed by atoms with Crippen LogP contribution in [-0.4, -0.2) is 25.0 Å². The van der Waals surface area contributed by atoms with E-state index in [0.717, 1.165) is 12.5 Å². The summed E-state index contributed by atoms with van der Waals surface area (Å²) in [5.41, 5.74) is 2.40. The Bertz CT molecular complexity index is 899. The van der Waals surface area contributed by atoms with Crippen LogP contribution in [0.3, 0.4) is 0 Å². The van der Waals surface area contributed by atoms with Crippen LogP contribution in [0, 0.1) is 0 Å². The van der Waals surface area contributed by atoms with Gasteiger partial charge < -0.3 is 14.8 Å². The van der Waals surface area contributed by atoms with Crippen LogP contribution in [-0.2, 0) is 19.1 Å². The Morgan fingerprint density at radius 3 is 2.36 bits per heavy atom. The highest BCUT2D eigenvalue weighted by molar-refractivity contribution is 6.36. The molecule has 1 heterocycles. The topological polar surface area (TPSA) is 81.7 Å². The second kappa shape index (κ2) is 6.60. The van der Waals surface area contributed by atoms with E-state index >= 15 is 0 Å². The van der Waals surface area contributed by atoms with Gasteiger partial charge in [-0.25, -0.2) is 4.79 Å². The lowest BCUT2D eigenvalue weighted by Crippen LogP contribution is -2.09. The number of hydrogen-bond acceptors (Lipinski definition) is 5. The van der Waals surface area contributed by atoms with Gasteiger partial charge in [0.1, 0.15) is 5.76 Å². The molecule has 2 aromatic rings. The van der Waals surface area contributed by atoms with Gasteiger partial charge in [-0.3, -0.25) is 9.59 Å². The molecule has 1 aliphatic heterocycles. The van der Waals surface area contributed by atoms with Crippen molar-refractivity contribution in [3.63, 3.8) is 0 Å². The first kappa shape index (κ1) is 16.4. The number of carbonyl (C=O) groups is 3. The van der Waals surface area contributed by atoms with Crippen LogP contribution in [0.2, 0.25) is 0 Å². The van der Waals surface area contributed by atoms with Gasteiger partial charge in [-0.2, -0.15) is 0 Å². The molecule has 1 amide bonds. The summed E-state index contributed by atoms with van der Waals surface area (Å²) in [6.07, 6.45) is 0. The maximum atomic E-state index is 12.4. The monoisotopic (exact) mass is 337 g/mol. The molecule has 126 valence electrons. The molecule has 0 spiro atoms. The highest BCUT2D eigenvalue weighted by atomic mass is 16.6. The minimum atomic E-state index is -0.767. The molecule has 0 saturated heterocycles. The Labute approximate surface area is 144 Å². The minimum absolute atomic E-state index is 0.175. The van der Waals surface area contributed by atoms with E-state index in [9.17, 15) is 14.4 Å². The Morgan fingerprint density at radius 2 is 1.72 bits per heavy atom. The van der Waals surface area contributed by atoms with Crippen molar-refractivity contribution >= 4 is 34.9 Å². The molecule has 6 heteroatoms. The van der Waals surface area contributed by atoms with E-state index in [1.165, 1.54) is 19.2 Å². The summed E-state index contributed by atoms with van der Waals surface area (Å²) in [5, 5.41) is 2.71. The minimum Gasteiger partial charge on any atom is -0.495 e. The van der Waals surface area contributed by atoms with E-state index in [1.54, 1.807) is 6.07 Å². The summed E-state index contributed by atoms with van der Waals surface area (Å²) in [6, 6.07) is 13.9. The standard InChI is InChI=1S/C19H15NO5/c1-11(21)25-19(23)13-8-9-14-15(10-13)20-18(22)16(14)17(24-2)12-6-4-3-5-7-12/h3-10H,1-2H3,(H,20,22). The van der Waals surface area contributed by atoms with Crippen molar-refractivity contribution in [3.05, 3.63) is 65.2 Å². The van der Waals surface area contributed by atoms with Crippen LogP contribution < -0.4 is 5.32 Å². The fourth-order valence-electron chi connectivity index (χ4n) is 2.67. The molecule has 6 nitrogen and oxygen atoms in total. The number of hydrogen-bond donors (Lipinski definition) is 1. The Balaban J connectivity index is 2.07. The first-order valence-electron chi connectivity index (χ1n) is 7.53. The van der Waals surface area contributed by atoms with Gasteiger partial charge in [0.05, 0.1) is 23.9 Å². The molecule has 2 aromatic carbocycles. The summed E-state index contributed by atoms with van der Waals surface area (Å²) < 4.78 is 10.0. The van der Waals surface area contributed by atoms with Gasteiger partial charge in [0.25, 0.3) is 5.91 Å². The van der Waals surface area contributed by atoms with Crippen molar-refractivity contribution in [3.8, 4) is 0 Å². The van der Waals surface area contributed by atoms with Gasteiger partial charge in [-0.1, -0.05) is 36.4 Å². The van der Waals surface area contributed by atoms with E-state index in [-0.39, 0.29) is 11.5 Å². The first-order chi connectivity index (χ1) is 12.0. The van der Waals surface area contributed by atoms with Crippen LogP contribution >= 0.6 is 0 Å². The van der Waals surface area contributed by atoms with Crippen molar-refractivity contribution < 1.29 is 23.9 Å². The van der Waals surface area contributed by atoms with E-state index in [2.05, 4.69) is 10.1 Å². The van der Waals surface area contributed by atoms with Crippen LogP contribution in [0.1, 0.15) is 28.4 Å². The lowest BCUT2D eigenvalue weighted by atomic mass is 10.0. The van der Waals surface area contributed by atoms with Crippen LogP contribution in [0.15, 0.2) is 48.5 Å². The molecule has 3 rings (SSSR count). The molecule has 0 aliphatic carbocycles. The average Bonchev–Trinajstić information content (AvgIpc) is 2.91. The molecule has 0 atom stereocenters. The summed E-state index contributed by atoms with van der Waals surface area (Å²) in [4.78, 5) is 35.2. The average molecular weight is 337 g/mol. The van der Waals surface area contributed by atoms with Crippen LogP contribution in [0.25, 0.3) is 11.3 Å². The van der Waals surface area contributed by atoms with Crippen molar-refractivity contribution in [2.24, 2.45) is 0 Å². The number of ether oxygens (including phenoxy) is 2. The van der Waals surface area contributed by atoms with Crippen LogP contribution in [0.4, 0.5) is 5.69 Å². The fraction of sp³-hybridized carbons (Fsp3) is 0.105. The van der Waals surface area contributed by atoms with Gasteiger partial charge in [0, 0.05) is 18.1 Å². The lowest BCUT2D eigenvalue weighted by molar-refractivity contribution is -0.135. The molecule has 1 N–H and O–H groups in total. The van der Waals surface area contributed by atoms with E-state index < -0.39 is 11.9 Å². The lowest BCUT2D eigenvalue weighted by Gasteiger charge is -2.10. The normalized spacial score (nSPS) is 14.4. The molecule has 0 aromatic heterocycles.